The number of ether oxygens (including phenoxy) is 3. The maximum absolute atomic E-state index is 11.7. The number of carbonyl (C=O) groups is 1. The number of hydrogen-bond donors (Lipinski definition) is 1. The Kier molecular flexibility index (Phi) is 6.23. The molecule has 0 unspecified atom stereocenters. The summed E-state index contributed by atoms with van der Waals surface area (Å²) >= 11 is 0. The molecule has 0 bridgehead atoms. The molecule has 2 N–H and O–H groups in total. The van der Waals surface area contributed by atoms with E-state index in [1.54, 1.807) is 0 Å². The molecule has 1 saturated heterocycles. The normalized spacial score (nSPS) is 26.4. The summed E-state index contributed by atoms with van der Waals surface area (Å²) in [5, 5.41) is 0. The van der Waals surface area contributed by atoms with Gasteiger partial charge in [-0.05, 0) is 32.7 Å². The Morgan fingerprint density at radius 3 is 2.58 bits per heavy atom. The summed E-state index contributed by atoms with van der Waals surface area (Å²) < 4.78 is 16.7. The molecule has 0 aromatic heterocycles. The third-order valence-electron chi connectivity index (χ3n) is 2.89. The van der Waals surface area contributed by atoms with E-state index in [1.807, 2.05) is 27.7 Å². The molecule has 0 spiro atoms. The van der Waals surface area contributed by atoms with Crippen molar-refractivity contribution in [2.75, 3.05) is 13.2 Å². The lowest BCUT2D eigenvalue weighted by molar-refractivity contribution is -0.300. The van der Waals surface area contributed by atoms with Crippen LogP contribution < -0.4 is 5.73 Å². The largest absolute Gasteiger partial charge is 0.465 e. The molecule has 0 aromatic rings. The van der Waals surface area contributed by atoms with Crippen molar-refractivity contribution < 1.29 is 19.0 Å². The molecule has 5 nitrogen and oxygen atoms in total. The van der Waals surface area contributed by atoms with Crippen molar-refractivity contribution in [3.63, 3.8) is 0 Å². The van der Waals surface area contributed by atoms with Crippen LogP contribution >= 0.6 is 0 Å². The van der Waals surface area contributed by atoms with Crippen molar-refractivity contribution in [3.8, 4) is 0 Å². The number of esters is 1. The Bertz CT molecular complexity index is 291. The van der Waals surface area contributed by atoms with Gasteiger partial charge in [-0.3, -0.25) is 4.79 Å². The van der Waals surface area contributed by atoms with Gasteiger partial charge in [-0.25, -0.2) is 0 Å². The first-order chi connectivity index (χ1) is 8.82. The molecule has 1 aliphatic rings. The standard InChI is InChI=1S/C14H27NO4/c1-10(2)9-17-13(16)8-12-7-11(5-6-15)18-14(3,4)19-12/h10-12H,5-9,15H2,1-4H3/t11-,12-/m1/s1. The van der Waals surface area contributed by atoms with Gasteiger partial charge in [-0.1, -0.05) is 13.8 Å². The highest BCUT2D eigenvalue weighted by Gasteiger charge is 2.36. The summed E-state index contributed by atoms with van der Waals surface area (Å²) in [5.41, 5.74) is 5.56. The summed E-state index contributed by atoms with van der Waals surface area (Å²) in [6.07, 6.45) is 1.65. The molecule has 19 heavy (non-hydrogen) atoms. The second-order valence-electron chi connectivity index (χ2n) is 5.97. The molecular formula is C14H27NO4. The van der Waals surface area contributed by atoms with Crippen molar-refractivity contribution in [2.24, 2.45) is 11.7 Å². The molecule has 1 rings (SSSR count). The molecule has 0 saturated carbocycles. The molecule has 0 amide bonds. The zero-order chi connectivity index (χ0) is 14.5. The SMILES string of the molecule is CC(C)COC(=O)C[C@H]1C[C@@H](CCN)OC(C)(C)O1. The smallest absolute Gasteiger partial charge is 0.308 e. The third-order valence-corrected chi connectivity index (χ3v) is 2.89. The highest BCUT2D eigenvalue weighted by atomic mass is 16.7. The minimum atomic E-state index is -0.666. The number of hydrogen-bond acceptors (Lipinski definition) is 5. The molecular weight excluding hydrogens is 246 g/mol. The second kappa shape index (κ2) is 7.22. The van der Waals surface area contributed by atoms with Gasteiger partial charge in [0.15, 0.2) is 5.79 Å². The van der Waals surface area contributed by atoms with E-state index in [9.17, 15) is 4.79 Å². The van der Waals surface area contributed by atoms with Crippen LogP contribution in [-0.2, 0) is 19.0 Å². The summed E-state index contributed by atoms with van der Waals surface area (Å²) in [7, 11) is 0. The Balaban J connectivity index is 2.45. The van der Waals surface area contributed by atoms with E-state index in [0.29, 0.717) is 25.5 Å². The maximum Gasteiger partial charge on any atom is 0.308 e. The molecule has 1 heterocycles. The quantitative estimate of drug-likeness (QED) is 0.748. The fourth-order valence-corrected chi connectivity index (χ4v) is 2.21. The number of rotatable bonds is 6. The Labute approximate surface area is 115 Å². The molecule has 5 heteroatoms. The van der Waals surface area contributed by atoms with Gasteiger partial charge in [0.2, 0.25) is 0 Å². The van der Waals surface area contributed by atoms with Gasteiger partial charge >= 0.3 is 5.97 Å². The van der Waals surface area contributed by atoms with E-state index in [0.717, 1.165) is 6.42 Å². The van der Waals surface area contributed by atoms with Crippen LogP contribution in [0.5, 0.6) is 0 Å². The third kappa shape index (κ3) is 6.36. The molecule has 0 aromatic carbocycles. The van der Waals surface area contributed by atoms with Crippen LogP contribution in [-0.4, -0.2) is 37.1 Å². The summed E-state index contributed by atoms with van der Waals surface area (Å²) in [6, 6.07) is 0. The first-order valence-corrected chi connectivity index (χ1v) is 7.03. The van der Waals surface area contributed by atoms with E-state index in [4.69, 9.17) is 19.9 Å². The average molecular weight is 273 g/mol. The van der Waals surface area contributed by atoms with Crippen LogP contribution in [0.1, 0.15) is 47.0 Å². The van der Waals surface area contributed by atoms with E-state index >= 15 is 0 Å². The Hall–Kier alpha value is -0.650. The van der Waals surface area contributed by atoms with Crippen molar-refractivity contribution in [2.45, 2.75) is 65.0 Å². The van der Waals surface area contributed by atoms with Crippen LogP contribution in [0, 0.1) is 5.92 Å². The van der Waals surface area contributed by atoms with Gasteiger partial charge in [0, 0.05) is 6.42 Å². The lowest BCUT2D eigenvalue weighted by atomic mass is 10.0. The van der Waals surface area contributed by atoms with Gasteiger partial charge in [-0.2, -0.15) is 0 Å². The summed E-state index contributed by atoms with van der Waals surface area (Å²) in [4.78, 5) is 11.7. The lowest BCUT2D eigenvalue weighted by Crippen LogP contribution is -2.46. The van der Waals surface area contributed by atoms with Gasteiger partial charge in [-0.15, -0.1) is 0 Å². The average Bonchev–Trinajstić information content (AvgIpc) is 2.24. The van der Waals surface area contributed by atoms with Gasteiger partial charge in [0.1, 0.15) is 0 Å². The predicted molar refractivity (Wildman–Crippen MR) is 72.5 cm³/mol. The summed E-state index contributed by atoms with van der Waals surface area (Å²) in [5.74, 6) is -0.523. The topological polar surface area (TPSA) is 70.8 Å². The molecule has 0 radical (unpaired) electrons. The maximum atomic E-state index is 11.7. The minimum absolute atomic E-state index is 0.0525. The molecule has 1 aliphatic heterocycles. The Morgan fingerprint density at radius 1 is 1.37 bits per heavy atom. The first kappa shape index (κ1) is 16.4. The predicted octanol–water partition coefficient (Wildman–Crippen LogP) is 1.83. The van der Waals surface area contributed by atoms with Gasteiger partial charge in [0.25, 0.3) is 0 Å². The first-order valence-electron chi connectivity index (χ1n) is 7.03. The molecule has 1 fully saturated rings. The second-order valence-corrected chi connectivity index (χ2v) is 5.97. The van der Waals surface area contributed by atoms with Crippen molar-refractivity contribution in [1.82, 2.24) is 0 Å². The van der Waals surface area contributed by atoms with Gasteiger partial charge < -0.3 is 19.9 Å². The van der Waals surface area contributed by atoms with E-state index in [2.05, 4.69) is 0 Å². The fraction of sp³-hybridized carbons (Fsp3) is 0.929. The number of nitrogens with two attached hydrogens (primary N) is 1. The lowest BCUT2D eigenvalue weighted by Gasteiger charge is -2.40. The monoisotopic (exact) mass is 273 g/mol. The summed E-state index contributed by atoms with van der Waals surface area (Å²) in [6.45, 7) is 8.78. The van der Waals surface area contributed by atoms with Crippen LogP contribution in [0.3, 0.4) is 0 Å². The van der Waals surface area contributed by atoms with Crippen LogP contribution in [0.25, 0.3) is 0 Å². The zero-order valence-electron chi connectivity index (χ0n) is 12.5. The Morgan fingerprint density at radius 2 is 2.00 bits per heavy atom. The highest BCUT2D eigenvalue weighted by molar-refractivity contribution is 5.70. The highest BCUT2D eigenvalue weighted by Crippen LogP contribution is 2.29. The fourth-order valence-electron chi connectivity index (χ4n) is 2.21. The van der Waals surface area contributed by atoms with Crippen molar-refractivity contribution in [1.29, 1.82) is 0 Å². The van der Waals surface area contributed by atoms with Crippen LogP contribution in [0.15, 0.2) is 0 Å². The van der Waals surface area contributed by atoms with Crippen molar-refractivity contribution >= 4 is 5.97 Å². The van der Waals surface area contributed by atoms with Crippen molar-refractivity contribution in [3.05, 3.63) is 0 Å². The molecule has 2 atom stereocenters. The molecule has 112 valence electrons. The van der Waals surface area contributed by atoms with E-state index < -0.39 is 5.79 Å². The zero-order valence-corrected chi connectivity index (χ0v) is 12.5. The minimum Gasteiger partial charge on any atom is -0.465 e. The van der Waals surface area contributed by atoms with Crippen LogP contribution in [0.2, 0.25) is 0 Å². The van der Waals surface area contributed by atoms with Gasteiger partial charge in [0.05, 0.1) is 25.2 Å². The molecule has 0 aliphatic carbocycles. The van der Waals surface area contributed by atoms with E-state index in [-0.39, 0.29) is 24.6 Å². The van der Waals surface area contributed by atoms with E-state index in [1.165, 1.54) is 0 Å². The van der Waals surface area contributed by atoms with Crippen LogP contribution in [0.4, 0.5) is 0 Å². The number of carbonyl (C=O) groups excluding carboxylic acids is 1.